The Labute approximate surface area is 236 Å². The van der Waals surface area contributed by atoms with Crippen LogP contribution in [0, 0.1) is 0 Å². The van der Waals surface area contributed by atoms with Gasteiger partial charge in [-0.1, -0.05) is 61.5 Å². The number of carboxylic acids is 1. The standard InChI is InChI=1S/C28H30Cl2N2O5S/c1-5-6-7-11-24(36-3)19-10-8-9-18(25(19)37-4)23-15-38-28(31-23)32-26(33)17-13-21(29)20(22(30)14-17)12-16(2)27(34)35/h8-10,12-15,24H,5-7,11H2,1-4H3,(H,34,35)(H,31,32,33)/t24-/m1/s1. The zero-order valence-electron chi connectivity index (χ0n) is 21.6. The van der Waals surface area contributed by atoms with Gasteiger partial charge in [-0.15, -0.1) is 11.3 Å². The van der Waals surface area contributed by atoms with Crippen molar-refractivity contribution in [1.82, 2.24) is 4.98 Å². The summed E-state index contributed by atoms with van der Waals surface area (Å²) in [7, 11) is 3.33. The molecular formula is C28H30Cl2N2O5S. The van der Waals surface area contributed by atoms with E-state index in [4.69, 9.17) is 37.8 Å². The fraction of sp³-hybridized carbons (Fsp3) is 0.321. The molecule has 0 unspecified atom stereocenters. The Balaban J connectivity index is 1.84. The number of anilines is 1. The molecule has 0 aliphatic heterocycles. The molecule has 2 aromatic carbocycles. The Bertz CT molecular complexity index is 1320. The van der Waals surface area contributed by atoms with Crippen molar-refractivity contribution in [2.45, 2.75) is 45.6 Å². The first kappa shape index (κ1) is 29.6. The van der Waals surface area contributed by atoms with Gasteiger partial charge in [-0.2, -0.15) is 0 Å². The lowest BCUT2D eigenvalue weighted by Gasteiger charge is -2.20. The molecule has 38 heavy (non-hydrogen) atoms. The van der Waals surface area contributed by atoms with E-state index in [-0.39, 0.29) is 27.3 Å². The summed E-state index contributed by atoms with van der Waals surface area (Å²) in [5, 5.41) is 14.4. The number of benzene rings is 2. The van der Waals surface area contributed by atoms with Crippen molar-refractivity contribution in [2.24, 2.45) is 0 Å². The molecule has 1 aromatic heterocycles. The van der Waals surface area contributed by atoms with Crippen LogP contribution in [0.2, 0.25) is 10.0 Å². The highest BCUT2D eigenvalue weighted by Crippen LogP contribution is 2.39. The number of rotatable bonds is 12. The second kappa shape index (κ2) is 13.8. The van der Waals surface area contributed by atoms with Gasteiger partial charge in [0.2, 0.25) is 0 Å². The van der Waals surface area contributed by atoms with Gasteiger partial charge in [-0.3, -0.25) is 10.1 Å². The molecule has 0 radical (unpaired) electrons. The Kier molecular flexibility index (Phi) is 10.7. The van der Waals surface area contributed by atoms with Crippen LogP contribution in [0.3, 0.4) is 0 Å². The molecule has 0 fully saturated rings. The van der Waals surface area contributed by atoms with Crippen molar-refractivity contribution in [1.29, 1.82) is 0 Å². The summed E-state index contributed by atoms with van der Waals surface area (Å²) < 4.78 is 11.6. The molecule has 2 N–H and O–H groups in total. The molecule has 202 valence electrons. The maximum Gasteiger partial charge on any atom is 0.331 e. The van der Waals surface area contributed by atoms with Crippen molar-refractivity contribution in [3.05, 3.63) is 68.0 Å². The number of nitrogens with zero attached hydrogens (tertiary/aromatic N) is 1. The molecule has 0 aliphatic rings. The zero-order valence-corrected chi connectivity index (χ0v) is 24.0. The number of halogens is 2. The van der Waals surface area contributed by atoms with E-state index in [9.17, 15) is 9.59 Å². The average Bonchev–Trinajstić information content (AvgIpc) is 3.36. The topological polar surface area (TPSA) is 97.8 Å². The Morgan fingerprint density at radius 2 is 1.89 bits per heavy atom. The number of para-hydroxylation sites is 1. The molecule has 0 aliphatic carbocycles. The lowest BCUT2D eigenvalue weighted by atomic mass is 9.98. The third-order valence-corrected chi connectivity index (χ3v) is 7.37. The van der Waals surface area contributed by atoms with E-state index in [1.807, 2.05) is 23.6 Å². The molecule has 0 saturated carbocycles. The number of carbonyl (C=O) groups is 2. The van der Waals surface area contributed by atoms with Gasteiger partial charge in [0.1, 0.15) is 5.75 Å². The molecule has 1 atom stereocenters. The van der Waals surface area contributed by atoms with E-state index in [1.165, 1.54) is 36.5 Å². The van der Waals surface area contributed by atoms with Crippen LogP contribution in [0.25, 0.3) is 17.3 Å². The molecule has 0 spiro atoms. The van der Waals surface area contributed by atoms with Crippen LogP contribution in [-0.4, -0.2) is 36.2 Å². The lowest BCUT2D eigenvalue weighted by Crippen LogP contribution is -2.12. The first-order chi connectivity index (χ1) is 18.2. The Hall–Kier alpha value is -2.91. The van der Waals surface area contributed by atoms with Crippen molar-refractivity contribution >= 4 is 57.6 Å². The van der Waals surface area contributed by atoms with Gasteiger partial charge in [-0.05, 0) is 37.6 Å². The van der Waals surface area contributed by atoms with Gasteiger partial charge in [0.15, 0.2) is 5.13 Å². The highest BCUT2D eigenvalue weighted by atomic mass is 35.5. The van der Waals surface area contributed by atoms with Gasteiger partial charge in [0.25, 0.3) is 5.91 Å². The maximum absolute atomic E-state index is 12.9. The van der Waals surface area contributed by atoms with E-state index < -0.39 is 11.9 Å². The summed E-state index contributed by atoms with van der Waals surface area (Å²) in [5.74, 6) is -0.843. The number of methoxy groups -OCH3 is 2. The summed E-state index contributed by atoms with van der Waals surface area (Å²) in [5.41, 5.74) is 3.04. The minimum absolute atomic E-state index is 0.0681. The van der Waals surface area contributed by atoms with Crippen LogP contribution in [0.15, 0.2) is 41.3 Å². The summed E-state index contributed by atoms with van der Waals surface area (Å²) in [4.78, 5) is 28.7. The van der Waals surface area contributed by atoms with Gasteiger partial charge < -0.3 is 14.6 Å². The smallest absolute Gasteiger partial charge is 0.331 e. The maximum atomic E-state index is 12.9. The van der Waals surface area contributed by atoms with Crippen molar-refractivity contribution < 1.29 is 24.2 Å². The van der Waals surface area contributed by atoms with Gasteiger partial charge >= 0.3 is 5.97 Å². The SMILES string of the molecule is CCCCC[C@@H](OC)c1cccc(-c2csc(NC(=O)c3cc(Cl)c(C=C(C)C(=O)O)c(Cl)c3)n2)c1OC. The highest BCUT2D eigenvalue weighted by molar-refractivity contribution is 7.14. The number of hydrogen-bond donors (Lipinski definition) is 2. The third kappa shape index (κ3) is 7.14. The number of aliphatic carboxylic acids is 1. The quantitative estimate of drug-likeness (QED) is 0.167. The monoisotopic (exact) mass is 576 g/mol. The number of unbranched alkanes of at least 4 members (excludes halogenated alkanes) is 2. The molecule has 10 heteroatoms. The number of carbonyl (C=O) groups excluding carboxylic acids is 1. The summed E-state index contributed by atoms with van der Waals surface area (Å²) in [6, 6.07) is 8.75. The number of hydrogen-bond acceptors (Lipinski definition) is 6. The molecule has 7 nitrogen and oxygen atoms in total. The summed E-state index contributed by atoms with van der Waals surface area (Å²) in [6.45, 7) is 3.60. The Morgan fingerprint density at radius 3 is 2.50 bits per heavy atom. The molecule has 3 aromatic rings. The predicted molar refractivity (Wildman–Crippen MR) is 154 cm³/mol. The number of thiazole rings is 1. The first-order valence-electron chi connectivity index (χ1n) is 12.1. The molecular weight excluding hydrogens is 547 g/mol. The van der Waals surface area contributed by atoms with Crippen molar-refractivity contribution in [3.63, 3.8) is 0 Å². The predicted octanol–water partition coefficient (Wildman–Crippen LogP) is 8.13. The number of carboxylic acid groups (broad SMARTS) is 1. The van der Waals surface area contributed by atoms with Crippen LogP contribution in [-0.2, 0) is 9.53 Å². The Morgan fingerprint density at radius 1 is 1.18 bits per heavy atom. The summed E-state index contributed by atoms with van der Waals surface area (Å²) >= 11 is 13.9. The number of ether oxygens (including phenoxy) is 2. The number of aromatic nitrogens is 1. The van der Waals surface area contributed by atoms with E-state index >= 15 is 0 Å². The van der Waals surface area contributed by atoms with Crippen molar-refractivity contribution in [3.8, 4) is 17.0 Å². The van der Waals surface area contributed by atoms with E-state index in [2.05, 4.69) is 17.2 Å². The average molecular weight is 578 g/mol. The lowest BCUT2D eigenvalue weighted by molar-refractivity contribution is -0.132. The fourth-order valence-corrected chi connectivity index (χ4v) is 5.28. The second-order valence-corrected chi connectivity index (χ2v) is 10.3. The van der Waals surface area contributed by atoms with Crippen LogP contribution in [0.1, 0.15) is 67.1 Å². The second-order valence-electron chi connectivity index (χ2n) is 8.63. The van der Waals surface area contributed by atoms with E-state index in [1.54, 1.807) is 14.2 Å². The molecule has 3 rings (SSSR count). The minimum Gasteiger partial charge on any atom is -0.496 e. The molecule has 1 amide bonds. The van der Waals surface area contributed by atoms with Crippen LogP contribution >= 0.6 is 34.5 Å². The van der Waals surface area contributed by atoms with Crippen LogP contribution in [0.4, 0.5) is 5.13 Å². The molecule has 1 heterocycles. The zero-order chi connectivity index (χ0) is 27.8. The summed E-state index contributed by atoms with van der Waals surface area (Å²) in [6.07, 6.45) is 5.47. The largest absolute Gasteiger partial charge is 0.496 e. The minimum atomic E-state index is -1.09. The van der Waals surface area contributed by atoms with E-state index in [0.717, 1.165) is 36.8 Å². The first-order valence-corrected chi connectivity index (χ1v) is 13.7. The number of amides is 1. The molecule has 0 bridgehead atoms. The van der Waals surface area contributed by atoms with Gasteiger partial charge in [0.05, 0.1) is 29.0 Å². The van der Waals surface area contributed by atoms with Crippen LogP contribution in [0.5, 0.6) is 5.75 Å². The van der Waals surface area contributed by atoms with Crippen LogP contribution < -0.4 is 10.1 Å². The van der Waals surface area contributed by atoms with Gasteiger partial charge in [0, 0.05) is 40.3 Å². The normalized spacial score (nSPS) is 12.3. The van der Waals surface area contributed by atoms with E-state index in [0.29, 0.717) is 22.1 Å². The van der Waals surface area contributed by atoms with Crippen molar-refractivity contribution in [2.75, 3.05) is 19.5 Å². The fourth-order valence-electron chi connectivity index (χ4n) is 3.97. The number of nitrogens with one attached hydrogen (secondary N) is 1. The van der Waals surface area contributed by atoms with Gasteiger partial charge in [-0.25, -0.2) is 9.78 Å². The molecule has 0 saturated heterocycles. The third-order valence-electron chi connectivity index (χ3n) is 5.99. The highest BCUT2D eigenvalue weighted by Gasteiger charge is 2.21.